The highest BCUT2D eigenvalue weighted by atomic mass is 127. The lowest BCUT2D eigenvalue weighted by atomic mass is 10.00. The smallest absolute Gasteiger partial charge is 0.228 e. The summed E-state index contributed by atoms with van der Waals surface area (Å²) in [6.07, 6.45) is 0.678. The minimum atomic E-state index is 0. The number of guanidine groups is 1. The van der Waals surface area contributed by atoms with Gasteiger partial charge in [-0.15, -0.1) is 24.0 Å². The monoisotopic (exact) mass is 485 g/mol. The summed E-state index contributed by atoms with van der Waals surface area (Å²) >= 11 is 0. The Bertz CT molecular complexity index is 714. The van der Waals surface area contributed by atoms with Gasteiger partial charge in [-0.05, 0) is 19.4 Å². The normalized spacial score (nSPS) is 12.6. The fourth-order valence-corrected chi connectivity index (χ4v) is 2.54. The molecule has 0 aliphatic rings. The van der Waals surface area contributed by atoms with Crippen molar-refractivity contribution in [2.24, 2.45) is 4.99 Å². The summed E-state index contributed by atoms with van der Waals surface area (Å²) < 4.78 is 5.27. The summed E-state index contributed by atoms with van der Waals surface area (Å²) in [6.45, 7) is 12.7. The van der Waals surface area contributed by atoms with Crippen molar-refractivity contribution in [2.75, 3.05) is 19.6 Å². The highest BCUT2D eigenvalue weighted by Gasteiger charge is 2.10. The van der Waals surface area contributed by atoms with E-state index >= 15 is 0 Å². The number of aliphatic imine (C=N–C) groups is 1. The van der Waals surface area contributed by atoms with Gasteiger partial charge in [0, 0.05) is 37.9 Å². The molecule has 6 nitrogen and oxygen atoms in total. The average molecular weight is 485 g/mol. The first-order valence-electron chi connectivity index (χ1n) is 9.40. The lowest BCUT2D eigenvalue weighted by Gasteiger charge is -2.13. The SMILES string of the molecule is CCNC(=NCC(C)c1cccc(C)c1)NCCc1nc(C(C)C)no1.I. The molecule has 150 valence electrons. The Morgan fingerprint density at radius 1 is 1.22 bits per heavy atom. The molecule has 0 bridgehead atoms. The molecule has 0 saturated heterocycles. The Morgan fingerprint density at radius 2 is 2.00 bits per heavy atom. The number of hydrogen-bond acceptors (Lipinski definition) is 4. The second-order valence-electron chi connectivity index (χ2n) is 6.91. The summed E-state index contributed by atoms with van der Waals surface area (Å²) in [7, 11) is 0. The summed E-state index contributed by atoms with van der Waals surface area (Å²) in [6, 6.07) is 8.61. The van der Waals surface area contributed by atoms with E-state index in [9.17, 15) is 0 Å². The van der Waals surface area contributed by atoms with Gasteiger partial charge in [-0.3, -0.25) is 4.99 Å². The second-order valence-corrected chi connectivity index (χ2v) is 6.91. The van der Waals surface area contributed by atoms with Crippen molar-refractivity contribution in [3.8, 4) is 0 Å². The third kappa shape index (κ3) is 7.86. The Labute approximate surface area is 179 Å². The van der Waals surface area contributed by atoms with Crippen LogP contribution in [0.5, 0.6) is 0 Å². The van der Waals surface area contributed by atoms with Crippen LogP contribution in [0.15, 0.2) is 33.8 Å². The van der Waals surface area contributed by atoms with E-state index in [2.05, 4.69) is 79.7 Å². The molecule has 0 aliphatic carbocycles. The van der Waals surface area contributed by atoms with Crippen LogP contribution in [0.2, 0.25) is 0 Å². The number of nitrogens with one attached hydrogen (secondary N) is 2. The Balaban J connectivity index is 0.00000364. The van der Waals surface area contributed by atoms with Crippen molar-refractivity contribution in [2.45, 2.75) is 52.9 Å². The maximum Gasteiger partial charge on any atom is 0.228 e. The van der Waals surface area contributed by atoms with Gasteiger partial charge >= 0.3 is 0 Å². The third-order valence-corrected chi connectivity index (χ3v) is 4.11. The lowest BCUT2D eigenvalue weighted by molar-refractivity contribution is 0.371. The fourth-order valence-electron chi connectivity index (χ4n) is 2.54. The molecule has 1 heterocycles. The molecule has 1 atom stereocenters. The van der Waals surface area contributed by atoms with Crippen molar-refractivity contribution < 1.29 is 4.52 Å². The van der Waals surface area contributed by atoms with Gasteiger partial charge in [-0.2, -0.15) is 4.98 Å². The Hall–Kier alpha value is -1.64. The fraction of sp³-hybridized carbons (Fsp3) is 0.550. The Morgan fingerprint density at radius 3 is 2.63 bits per heavy atom. The lowest BCUT2D eigenvalue weighted by Crippen LogP contribution is -2.38. The van der Waals surface area contributed by atoms with Gasteiger partial charge < -0.3 is 15.2 Å². The molecule has 1 aromatic carbocycles. The Kier molecular flexibility index (Phi) is 10.4. The van der Waals surface area contributed by atoms with Crippen LogP contribution in [-0.2, 0) is 6.42 Å². The largest absolute Gasteiger partial charge is 0.357 e. The van der Waals surface area contributed by atoms with E-state index in [1.807, 2.05) is 0 Å². The molecule has 0 radical (unpaired) electrons. The molecule has 27 heavy (non-hydrogen) atoms. The van der Waals surface area contributed by atoms with Crippen LogP contribution in [0.1, 0.15) is 62.4 Å². The molecule has 0 fully saturated rings. The highest BCUT2D eigenvalue weighted by molar-refractivity contribution is 14.0. The van der Waals surface area contributed by atoms with Crippen molar-refractivity contribution in [1.82, 2.24) is 20.8 Å². The number of nitrogens with zero attached hydrogens (tertiary/aromatic N) is 3. The van der Waals surface area contributed by atoms with Crippen LogP contribution in [0, 0.1) is 6.92 Å². The molecule has 7 heteroatoms. The molecule has 0 amide bonds. The first-order chi connectivity index (χ1) is 12.5. The molecule has 1 unspecified atom stereocenters. The van der Waals surface area contributed by atoms with E-state index in [4.69, 9.17) is 9.52 Å². The molecule has 0 spiro atoms. The minimum absolute atomic E-state index is 0. The first kappa shape index (κ1) is 23.4. The zero-order chi connectivity index (χ0) is 18.9. The molecule has 0 saturated carbocycles. The van der Waals surface area contributed by atoms with E-state index in [1.165, 1.54) is 11.1 Å². The van der Waals surface area contributed by atoms with Crippen LogP contribution in [0.4, 0.5) is 0 Å². The summed E-state index contributed by atoms with van der Waals surface area (Å²) in [5.41, 5.74) is 2.60. The van der Waals surface area contributed by atoms with Gasteiger partial charge in [0.2, 0.25) is 5.89 Å². The second kappa shape index (κ2) is 11.9. The molecule has 2 rings (SSSR count). The van der Waals surface area contributed by atoms with Crippen molar-refractivity contribution in [3.63, 3.8) is 0 Å². The van der Waals surface area contributed by atoms with E-state index in [-0.39, 0.29) is 29.9 Å². The molecule has 2 aromatic rings. The van der Waals surface area contributed by atoms with Gasteiger partial charge in [0.15, 0.2) is 11.8 Å². The van der Waals surface area contributed by atoms with Gasteiger partial charge in [0.05, 0.1) is 0 Å². The summed E-state index contributed by atoms with van der Waals surface area (Å²) in [5, 5.41) is 10.6. The number of benzene rings is 1. The average Bonchev–Trinajstić information content (AvgIpc) is 3.08. The quantitative estimate of drug-likeness (QED) is 0.336. The maximum atomic E-state index is 5.27. The maximum absolute atomic E-state index is 5.27. The van der Waals surface area contributed by atoms with E-state index in [0.29, 0.717) is 24.8 Å². The first-order valence-corrected chi connectivity index (χ1v) is 9.40. The van der Waals surface area contributed by atoms with Crippen molar-refractivity contribution in [3.05, 3.63) is 47.1 Å². The van der Waals surface area contributed by atoms with Crippen LogP contribution < -0.4 is 10.6 Å². The number of aromatic nitrogens is 2. The molecule has 2 N–H and O–H groups in total. The number of aryl methyl sites for hydroxylation is 1. The minimum Gasteiger partial charge on any atom is -0.357 e. The van der Waals surface area contributed by atoms with E-state index in [1.54, 1.807) is 0 Å². The van der Waals surface area contributed by atoms with E-state index < -0.39 is 0 Å². The predicted molar refractivity (Wildman–Crippen MR) is 121 cm³/mol. The van der Waals surface area contributed by atoms with Crippen LogP contribution in [0.25, 0.3) is 0 Å². The van der Waals surface area contributed by atoms with Crippen molar-refractivity contribution >= 4 is 29.9 Å². The standard InChI is InChI=1S/C20H31N5O.HI/c1-6-21-20(22-11-10-18-24-19(14(2)3)25-26-18)23-13-16(5)17-9-7-8-15(4)12-17;/h7-9,12,14,16H,6,10-11,13H2,1-5H3,(H2,21,22,23);1H. The van der Waals surface area contributed by atoms with Crippen LogP contribution >= 0.6 is 24.0 Å². The van der Waals surface area contributed by atoms with Gasteiger partial charge in [0.1, 0.15) is 0 Å². The molecule has 1 aromatic heterocycles. The summed E-state index contributed by atoms with van der Waals surface area (Å²) in [5.74, 6) is 2.88. The number of halogens is 1. The van der Waals surface area contributed by atoms with Gasteiger partial charge in [-0.25, -0.2) is 0 Å². The zero-order valence-electron chi connectivity index (χ0n) is 17.0. The molecule has 0 aliphatic heterocycles. The predicted octanol–water partition coefficient (Wildman–Crippen LogP) is 4.02. The van der Waals surface area contributed by atoms with Crippen LogP contribution in [0.3, 0.4) is 0 Å². The summed E-state index contributed by atoms with van der Waals surface area (Å²) in [4.78, 5) is 9.11. The van der Waals surface area contributed by atoms with E-state index in [0.717, 1.165) is 24.9 Å². The van der Waals surface area contributed by atoms with Gasteiger partial charge in [0.25, 0.3) is 0 Å². The zero-order valence-corrected chi connectivity index (χ0v) is 19.3. The van der Waals surface area contributed by atoms with Crippen molar-refractivity contribution in [1.29, 1.82) is 0 Å². The number of rotatable bonds is 8. The molecular weight excluding hydrogens is 453 g/mol. The highest BCUT2D eigenvalue weighted by Crippen LogP contribution is 2.16. The number of hydrogen-bond donors (Lipinski definition) is 2. The van der Waals surface area contributed by atoms with Gasteiger partial charge in [-0.1, -0.05) is 55.8 Å². The van der Waals surface area contributed by atoms with Crippen LogP contribution in [-0.4, -0.2) is 35.7 Å². The topological polar surface area (TPSA) is 75.3 Å². The molecular formula is C20H32IN5O. The third-order valence-electron chi connectivity index (χ3n) is 4.11.